The number of carbonyl (C=O) groups excluding carboxylic acids is 1. The van der Waals surface area contributed by atoms with E-state index < -0.39 is 0 Å². The van der Waals surface area contributed by atoms with Crippen molar-refractivity contribution in [1.82, 2.24) is 24.9 Å². The Labute approximate surface area is 147 Å². The van der Waals surface area contributed by atoms with Crippen LogP contribution in [0.1, 0.15) is 35.8 Å². The van der Waals surface area contributed by atoms with E-state index in [2.05, 4.69) is 29.1 Å². The van der Waals surface area contributed by atoms with E-state index in [-0.39, 0.29) is 17.9 Å². The monoisotopic (exact) mass is 335 g/mol. The lowest BCUT2D eigenvalue weighted by atomic mass is 9.95. The minimum Gasteiger partial charge on any atom is -0.334 e. The summed E-state index contributed by atoms with van der Waals surface area (Å²) < 4.78 is 1.64. The molecule has 0 unspecified atom stereocenters. The summed E-state index contributed by atoms with van der Waals surface area (Å²) in [5.74, 6) is 0.223. The summed E-state index contributed by atoms with van der Waals surface area (Å²) in [5.41, 5.74) is 2.45. The molecule has 3 rings (SSSR count). The van der Waals surface area contributed by atoms with Crippen molar-refractivity contribution in [3.63, 3.8) is 0 Å². The van der Waals surface area contributed by atoms with Crippen LogP contribution in [0.15, 0.2) is 61.2 Å². The zero-order valence-electron chi connectivity index (χ0n) is 14.6. The first kappa shape index (κ1) is 16.8. The molecule has 25 heavy (non-hydrogen) atoms. The molecule has 6 nitrogen and oxygen atoms in total. The molecule has 0 aliphatic rings. The zero-order chi connectivity index (χ0) is 17.8. The predicted molar refractivity (Wildman–Crippen MR) is 95.3 cm³/mol. The third-order valence-corrected chi connectivity index (χ3v) is 4.18. The van der Waals surface area contributed by atoms with Crippen molar-refractivity contribution >= 4 is 5.91 Å². The van der Waals surface area contributed by atoms with Crippen LogP contribution in [-0.4, -0.2) is 37.8 Å². The summed E-state index contributed by atoms with van der Waals surface area (Å²) in [6.45, 7) is 4.21. The number of hydrogen-bond acceptors (Lipinski definition) is 4. The Hall–Kier alpha value is -3.02. The van der Waals surface area contributed by atoms with Crippen molar-refractivity contribution < 1.29 is 4.79 Å². The van der Waals surface area contributed by atoms with Gasteiger partial charge >= 0.3 is 0 Å². The molecule has 3 aromatic rings. The Morgan fingerprint density at radius 2 is 2.00 bits per heavy atom. The SMILES string of the molecule is CC(C)[C@H](c1cccnc1)N(C)C(=O)c1cccc(-n2ccnn2)c1. The van der Waals surface area contributed by atoms with Gasteiger partial charge in [-0.15, -0.1) is 5.10 Å². The summed E-state index contributed by atoms with van der Waals surface area (Å²) in [7, 11) is 1.84. The molecule has 0 radical (unpaired) electrons. The first-order chi connectivity index (χ1) is 12.1. The van der Waals surface area contributed by atoms with Gasteiger partial charge in [-0.2, -0.15) is 0 Å². The Morgan fingerprint density at radius 3 is 2.64 bits per heavy atom. The van der Waals surface area contributed by atoms with Crippen molar-refractivity contribution in [2.45, 2.75) is 19.9 Å². The lowest BCUT2D eigenvalue weighted by molar-refractivity contribution is 0.0687. The standard InChI is InChI=1S/C19H21N5O/c1-14(2)18(16-7-5-9-20-13-16)23(3)19(25)15-6-4-8-17(12-15)24-11-10-21-22-24/h4-14,18H,1-3H3/t18-/m1/s1. The lowest BCUT2D eigenvalue weighted by Crippen LogP contribution is -2.34. The van der Waals surface area contributed by atoms with E-state index in [1.54, 1.807) is 28.2 Å². The maximum absolute atomic E-state index is 13.0. The van der Waals surface area contributed by atoms with Gasteiger partial charge in [-0.25, -0.2) is 4.68 Å². The van der Waals surface area contributed by atoms with Crippen LogP contribution in [0.5, 0.6) is 0 Å². The Kier molecular flexibility index (Phi) is 4.88. The molecule has 2 aromatic heterocycles. The van der Waals surface area contributed by atoms with Crippen LogP contribution in [0, 0.1) is 5.92 Å². The van der Waals surface area contributed by atoms with Gasteiger partial charge in [-0.1, -0.05) is 31.2 Å². The summed E-state index contributed by atoms with van der Waals surface area (Å²) >= 11 is 0. The van der Waals surface area contributed by atoms with Crippen molar-refractivity contribution in [3.05, 3.63) is 72.3 Å². The van der Waals surface area contributed by atoms with Gasteiger partial charge in [0.25, 0.3) is 5.91 Å². The molecule has 6 heteroatoms. The van der Waals surface area contributed by atoms with Crippen molar-refractivity contribution in [3.8, 4) is 5.69 Å². The molecule has 0 saturated carbocycles. The zero-order valence-corrected chi connectivity index (χ0v) is 14.6. The fraction of sp³-hybridized carbons (Fsp3) is 0.263. The third kappa shape index (κ3) is 3.57. The number of aromatic nitrogens is 4. The second-order valence-corrected chi connectivity index (χ2v) is 6.29. The molecule has 1 atom stereocenters. The molecule has 0 bridgehead atoms. The van der Waals surface area contributed by atoms with Crippen LogP contribution in [-0.2, 0) is 0 Å². The third-order valence-electron chi connectivity index (χ3n) is 4.18. The molecule has 0 N–H and O–H groups in total. The second-order valence-electron chi connectivity index (χ2n) is 6.29. The highest BCUT2D eigenvalue weighted by molar-refractivity contribution is 5.94. The quantitative estimate of drug-likeness (QED) is 0.718. The largest absolute Gasteiger partial charge is 0.334 e. The number of pyridine rings is 1. The summed E-state index contributed by atoms with van der Waals surface area (Å²) in [4.78, 5) is 19.0. The van der Waals surface area contributed by atoms with E-state index in [1.165, 1.54) is 0 Å². The van der Waals surface area contributed by atoms with Crippen molar-refractivity contribution in [1.29, 1.82) is 0 Å². The topological polar surface area (TPSA) is 63.9 Å². The molecular weight excluding hydrogens is 314 g/mol. The molecule has 1 aromatic carbocycles. The highest BCUT2D eigenvalue weighted by Gasteiger charge is 2.25. The molecule has 128 valence electrons. The molecule has 0 saturated heterocycles. The van der Waals surface area contributed by atoms with Gasteiger partial charge in [0.2, 0.25) is 0 Å². The van der Waals surface area contributed by atoms with Crippen LogP contribution in [0.2, 0.25) is 0 Å². The maximum Gasteiger partial charge on any atom is 0.254 e. The molecule has 0 aliphatic heterocycles. The molecule has 1 amide bonds. The Bertz CT molecular complexity index is 830. The molecule has 2 heterocycles. The summed E-state index contributed by atoms with van der Waals surface area (Å²) in [6, 6.07) is 11.3. The molecule has 0 fully saturated rings. The van der Waals surface area contributed by atoms with Crippen LogP contribution >= 0.6 is 0 Å². The van der Waals surface area contributed by atoms with E-state index >= 15 is 0 Å². The first-order valence-electron chi connectivity index (χ1n) is 8.21. The second kappa shape index (κ2) is 7.25. The predicted octanol–water partition coefficient (Wildman–Crippen LogP) is 3.13. The van der Waals surface area contributed by atoms with Crippen molar-refractivity contribution in [2.24, 2.45) is 5.92 Å². The normalized spacial score (nSPS) is 12.2. The summed E-state index contributed by atoms with van der Waals surface area (Å²) in [6.07, 6.45) is 6.92. The van der Waals surface area contributed by atoms with Gasteiger partial charge in [0.15, 0.2) is 0 Å². The minimum absolute atomic E-state index is 0.0375. The Balaban J connectivity index is 1.90. The minimum atomic E-state index is -0.0452. The number of benzene rings is 1. The van der Waals surface area contributed by atoms with Gasteiger partial charge in [-0.3, -0.25) is 9.78 Å². The van der Waals surface area contributed by atoms with Gasteiger partial charge in [0.1, 0.15) is 0 Å². The van der Waals surface area contributed by atoms with Crippen LogP contribution in [0.25, 0.3) is 5.69 Å². The fourth-order valence-corrected chi connectivity index (χ4v) is 3.06. The van der Waals surface area contributed by atoms with E-state index in [9.17, 15) is 4.79 Å². The Morgan fingerprint density at radius 1 is 1.16 bits per heavy atom. The lowest BCUT2D eigenvalue weighted by Gasteiger charge is -2.31. The van der Waals surface area contributed by atoms with Crippen LogP contribution in [0.4, 0.5) is 0 Å². The summed E-state index contributed by atoms with van der Waals surface area (Å²) in [5, 5.41) is 7.79. The van der Waals surface area contributed by atoms with E-state index in [4.69, 9.17) is 0 Å². The number of rotatable bonds is 5. The van der Waals surface area contributed by atoms with Gasteiger partial charge in [0, 0.05) is 25.0 Å². The van der Waals surface area contributed by atoms with Crippen LogP contribution < -0.4 is 0 Å². The number of nitrogens with zero attached hydrogens (tertiary/aromatic N) is 5. The number of carbonyl (C=O) groups is 1. The molecular formula is C19H21N5O. The average molecular weight is 335 g/mol. The number of hydrogen-bond donors (Lipinski definition) is 0. The van der Waals surface area contributed by atoms with E-state index in [0.717, 1.165) is 11.3 Å². The number of amides is 1. The van der Waals surface area contributed by atoms with Gasteiger partial charge < -0.3 is 4.90 Å². The molecule has 0 aliphatic carbocycles. The highest BCUT2D eigenvalue weighted by atomic mass is 16.2. The van der Waals surface area contributed by atoms with E-state index in [0.29, 0.717) is 5.56 Å². The fourth-order valence-electron chi connectivity index (χ4n) is 3.06. The van der Waals surface area contributed by atoms with Crippen LogP contribution in [0.3, 0.4) is 0 Å². The van der Waals surface area contributed by atoms with E-state index in [1.807, 2.05) is 49.6 Å². The van der Waals surface area contributed by atoms with Crippen molar-refractivity contribution in [2.75, 3.05) is 7.05 Å². The van der Waals surface area contributed by atoms with Gasteiger partial charge in [0.05, 0.1) is 24.1 Å². The van der Waals surface area contributed by atoms with Gasteiger partial charge in [-0.05, 0) is 35.7 Å². The average Bonchev–Trinajstić information content (AvgIpc) is 3.16. The smallest absolute Gasteiger partial charge is 0.254 e. The molecule has 0 spiro atoms. The highest BCUT2D eigenvalue weighted by Crippen LogP contribution is 2.28. The maximum atomic E-state index is 13.0. The first-order valence-corrected chi connectivity index (χ1v) is 8.21.